The normalized spacial score (nSPS) is 26.2. The van der Waals surface area contributed by atoms with Crippen LogP contribution in [0.3, 0.4) is 0 Å². The second-order valence-corrected chi connectivity index (χ2v) is 11.0. The number of methoxy groups -OCH3 is 1. The first kappa shape index (κ1) is 24.7. The van der Waals surface area contributed by atoms with Crippen molar-refractivity contribution in [1.82, 2.24) is 19.9 Å². The summed E-state index contributed by atoms with van der Waals surface area (Å²) in [6.45, 7) is 7.21. The highest BCUT2D eigenvalue weighted by molar-refractivity contribution is 6.03. The van der Waals surface area contributed by atoms with Gasteiger partial charge in [-0.2, -0.15) is 5.10 Å². The summed E-state index contributed by atoms with van der Waals surface area (Å²) in [5, 5.41) is 4.82. The zero-order valence-electron chi connectivity index (χ0n) is 22.2. The van der Waals surface area contributed by atoms with E-state index in [1.807, 2.05) is 29.8 Å². The predicted molar refractivity (Wildman–Crippen MR) is 146 cm³/mol. The van der Waals surface area contributed by atoms with Crippen LogP contribution in [0.15, 0.2) is 65.7 Å². The largest absolute Gasteiger partial charge is 0.495 e. The van der Waals surface area contributed by atoms with Crippen LogP contribution in [0.1, 0.15) is 43.0 Å². The molecule has 2 fully saturated rings. The predicted octanol–water partition coefficient (Wildman–Crippen LogP) is 5.05. The number of piperidine rings is 1. The van der Waals surface area contributed by atoms with Crippen LogP contribution in [-0.4, -0.2) is 53.7 Å². The van der Waals surface area contributed by atoms with E-state index in [2.05, 4.69) is 46.5 Å². The fourth-order valence-electron chi connectivity index (χ4n) is 6.13. The summed E-state index contributed by atoms with van der Waals surface area (Å²) >= 11 is 0. The molecule has 198 valence electrons. The van der Waals surface area contributed by atoms with Crippen LogP contribution in [0.2, 0.25) is 0 Å². The maximum absolute atomic E-state index is 13.8. The molecule has 0 radical (unpaired) electrons. The molecule has 7 nitrogen and oxygen atoms in total. The SMILES string of the molecule is COc1cc(/C=C2\CC3(CCCOC3)CN3C2=NNCC3(C)c2ccc(F)cc2)ccc1-n1cnc(C)c1. The van der Waals surface area contributed by atoms with E-state index < -0.39 is 0 Å². The number of amidine groups is 1. The van der Waals surface area contributed by atoms with Crippen LogP contribution in [0, 0.1) is 18.2 Å². The van der Waals surface area contributed by atoms with Gasteiger partial charge in [0, 0.05) is 24.8 Å². The van der Waals surface area contributed by atoms with Gasteiger partial charge in [-0.1, -0.05) is 18.2 Å². The Morgan fingerprint density at radius 3 is 2.74 bits per heavy atom. The van der Waals surface area contributed by atoms with Crippen LogP contribution in [0.4, 0.5) is 4.39 Å². The van der Waals surface area contributed by atoms with Gasteiger partial charge in [0.15, 0.2) is 5.84 Å². The fourth-order valence-corrected chi connectivity index (χ4v) is 6.13. The van der Waals surface area contributed by atoms with Crippen LogP contribution < -0.4 is 10.2 Å². The summed E-state index contributed by atoms with van der Waals surface area (Å²) in [7, 11) is 1.69. The van der Waals surface area contributed by atoms with Crippen molar-refractivity contribution in [3.63, 3.8) is 0 Å². The molecular formula is C30H34FN5O2. The molecule has 0 bridgehead atoms. The number of hydrogen-bond donors (Lipinski definition) is 1. The Labute approximate surface area is 223 Å². The fraction of sp³-hybridized carbons (Fsp3) is 0.400. The Balaban J connectivity index is 1.42. The number of nitrogens with zero attached hydrogens (tertiary/aromatic N) is 4. The van der Waals surface area contributed by atoms with E-state index in [-0.39, 0.29) is 16.8 Å². The third kappa shape index (κ3) is 4.36. The van der Waals surface area contributed by atoms with Gasteiger partial charge in [-0.25, -0.2) is 9.37 Å². The van der Waals surface area contributed by atoms with Crippen molar-refractivity contribution in [1.29, 1.82) is 0 Å². The summed E-state index contributed by atoms with van der Waals surface area (Å²) in [5.74, 6) is 1.49. The second-order valence-electron chi connectivity index (χ2n) is 11.0. The van der Waals surface area contributed by atoms with Gasteiger partial charge in [0.05, 0.1) is 43.5 Å². The van der Waals surface area contributed by atoms with E-state index in [1.54, 1.807) is 25.6 Å². The molecule has 38 heavy (non-hydrogen) atoms. The summed E-state index contributed by atoms with van der Waals surface area (Å²) in [5.41, 5.74) is 8.08. The number of ether oxygens (including phenoxy) is 2. The molecule has 4 heterocycles. The van der Waals surface area contributed by atoms with Crippen LogP contribution in [0.25, 0.3) is 11.8 Å². The van der Waals surface area contributed by atoms with E-state index >= 15 is 0 Å². The van der Waals surface area contributed by atoms with E-state index in [4.69, 9.17) is 14.6 Å². The molecule has 6 rings (SSSR count). The van der Waals surface area contributed by atoms with E-state index in [0.717, 1.165) is 78.7 Å². The molecule has 1 N–H and O–H groups in total. The Morgan fingerprint density at radius 1 is 1.18 bits per heavy atom. The highest BCUT2D eigenvalue weighted by Crippen LogP contribution is 2.46. The maximum atomic E-state index is 13.8. The third-order valence-corrected chi connectivity index (χ3v) is 8.21. The number of halogens is 1. The molecule has 2 aromatic carbocycles. The van der Waals surface area contributed by atoms with Gasteiger partial charge in [-0.3, -0.25) is 0 Å². The first-order valence-corrected chi connectivity index (χ1v) is 13.2. The first-order chi connectivity index (χ1) is 18.4. The molecule has 3 aliphatic rings. The molecule has 2 atom stereocenters. The highest BCUT2D eigenvalue weighted by atomic mass is 19.1. The van der Waals surface area contributed by atoms with Crippen LogP contribution in [-0.2, 0) is 10.3 Å². The highest BCUT2D eigenvalue weighted by Gasteiger charge is 2.49. The number of rotatable bonds is 4. The quantitative estimate of drug-likeness (QED) is 0.527. The third-order valence-electron chi connectivity index (χ3n) is 8.21. The van der Waals surface area contributed by atoms with E-state index in [1.165, 1.54) is 0 Å². The molecule has 3 aromatic rings. The lowest BCUT2D eigenvalue weighted by Crippen LogP contribution is -2.63. The van der Waals surface area contributed by atoms with Crippen molar-refractivity contribution in [3.8, 4) is 11.4 Å². The summed E-state index contributed by atoms with van der Waals surface area (Å²) in [6.07, 6.45) is 9.05. The van der Waals surface area contributed by atoms with E-state index in [9.17, 15) is 4.39 Å². The van der Waals surface area contributed by atoms with Crippen LogP contribution in [0.5, 0.6) is 5.75 Å². The van der Waals surface area contributed by atoms with Gasteiger partial charge in [0.25, 0.3) is 0 Å². The maximum Gasteiger partial charge on any atom is 0.152 e. The second kappa shape index (κ2) is 9.58. The Morgan fingerprint density at radius 2 is 2.03 bits per heavy atom. The van der Waals surface area contributed by atoms with Crippen molar-refractivity contribution in [2.75, 3.05) is 33.4 Å². The number of imidazole rings is 1. The van der Waals surface area contributed by atoms with Crippen LogP contribution >= 0.6 is 0 Å². The van der Waals surface area contributed by atoms with Gasteiger partial charge in [-0.15, -0.1) is 0 Å². The van der Waals surface area contributed by atoms with E-state index in [0.29, 0.717) is 6.54 Å². The Bertz CT molecular complexity index is 1390. The molecular weight excluding hydrogens is 481 g/mol. The van der Waals surface area contributed by atoms with Crippen molar-refractivity contribution < 1.29 is 13.9 Å². The topological polar surface area (TPSA) is 63.9 Å². The Kier molecular flexibility index (Phi) is 6.22. The lowest BCUT2D eigenvalue weighted by atomic mass is 9.71. The summed E-state index contributed by atoms with van der Waals surface area (Å²) in [4.78, 5) is 6.77. The van der Waals surface area contributed by atoms with Crippen molar-refractivity contribution in [3.05, 3.63) is 83.2 Å². The molecule has 2 saturated heterocycles. The number of hydrogen-bond acceptors (Lipinski definition) is 6. The average molecular weight is 516 g/mol. The minimum Gasteiger partial charge on any atom is -0.495 e. The number of nitrogens with one attached hydrogen (secondary N) is 1. The van der Waals surface area contributed by atoms with Gasteiger partial charge >= 0.3 is 0 Å². The van der Waals surface area contributed by atoms with Gasteiger partial charge in [0.2, 0.25) is 0 Å². The molecule has 1 spiro atoms. The van der Waals surface area contributed by atoms with Gasteiger partial charge < -0.3 is 24.4 Å². The number of hydrazone groups is 1. The molecule has 3 aliphatic heterocycles. The minimum absolute atomic E-state index is 0.0000967. The summed E-state index contributed by atoms with van der Waals surface area (Å²) in [6, 6.07) is 13.1. The monoisotopic (exact) mass is 515 g/mol. The lowest BCUT2D eigenvalue weighted by molar-refractivity contribution is -0.0375. The molecule has 8 heteroatoms. The smallest absolute Gasteiger partial charge is 0.152 e. The number of fused-ring (bicyclic) bond motifs is 1. The molecule has 0 amide bonds. The van der Waals surface area contributed by atoms with Gasteiger partial charge in [0.1, 0.15) is 11.6 Å². The molecule has 1 aromatic heterocycles. The standard InChI is InChI=1S/C30H34FN5O2/c1-21-16-35(20-32-21)26-10-5-22(14-27(26)37-3)13-23-15-30(11-4-12-38-19-30)18-36-28(23)34-33-17-29(36,2)24-6-8-25(31)9-7-24/h5-10,13-14,16,20,33H,4,11-12,15,17-19H2,1-3H3/b23-13+. The Hall–Kier alpha value is -3.65. The minimum atomic E-state index is -0.379. The lowest BCUT2D eigenvalue weighted by Gasteiger charge is -2.55. The summed E-state index contributed by atoms with van der Waals surface area (Å²) < 4.78 is 27.6. The number of aromatic nitrogens is 2. The number of aryl methyl sites for hydroxylation is 1. The molecule has 0 aliphatic carbocycles. The first-order valence-electron chi connectivity index (χ1n) is 13.2. The number of benzene rings is 2. The zero-order chi connectivity index (χ0) is 26.3. The molecule has 0 saturated carbocycles. The van der Waals surface area contributed by atoms with Crippen molar-refractivity contribution in [2.45, 2.75) is 38.6 Å². The zero-order valence-corrected chi connectivity index (χ0v) is 22.2. The molecule has 2 unspecified atom stereocenters. The van der Waals surface area contributed by atoms with Crippen molar-refractivity contribution >= 4 is 11.9 Å². The van der Waals surface area contributed by atoms with Crippen molar-refractivity contribution in [2.24, 2.45) is 10.5 Å². The van der Waals surface area contributed by atoms with Gasteiger partial charge in [-0.05, 0) is 80.2 Å². The average Bonchev–Trinajstić information content (AvgIpc) is 3.36.